The molecule has 0 bridgehead atoms. The number of nitrogens with one attached hydrogen (secondary N) is 1. The van der Waals surface area contributed by atoms with Crippen LogP contribution in [0.25, 0.3) is 0 Å². The molecule has 0 aromatic heterocycles. The van der Waals surface area contributed by atoms with Crippen molar-refractivity contribution in [1.29, 1.82) is 0 Å². The number of benzene rings is 1. The molecular weight excluding hydrogens is 254 g/mol. The van der Waals surface area contributed by atoms with Crippen molar-refractivity contribution in [1.82, 2.24) is 5.32 Å². The fourth-order valence-corrected chi connectivity index (χ4v) is 2.29. The van der Waals surface area contributed by atoms with Crippen LogP contribution in [0.5, 0.6) is 0 Å². The summed E-state index contributed by atoms with van der Waals surface area (Å²) in [4.78, 5) is 23.0. The Bertz CT molecular complexity index is 487. The molecule has 1 aromatic carbocycles. The first-order chi connectivity index (χ1) is 8.47. The van der Waals surface area contributed by atoms with Gasteiger partial charge in [0.05, 0.1) is 21.3 Å². The van der Waals surface area contributed by atoms with Gasteiger partial charge < -0.3 is 10.4 Å². The van der Waals surface area contributed by atoms with Gasteiger partial charge in [-0.05, 0) is 19.1 Å². The fourth-order valence-electron chi connectivity index (χ4n) is 1.34. The van der Waals surface area contributed by atoms with Crippen LogP contribution in [0.1, 0.15) is 24.2 Å². The van der Waals surface area contributed by atoms with Crippen molar-refractivity contribution in [2.24, 2.45) is 0 Å². The van der Waals surface area contributed by atoms with Crippen LogP contribution in [-0.2, 0) is 15.6 Å². The predicted octanol–water partition coefficient (Wildman–Crippen LogP) is 1.02. The zero-order valence-corrected chi connectivity index (χ0v) is 11.0. The predicted molar refractivity (Wildman–Crippen MR) is 68.0 cm³/mol. The molecule has 2 unspecified atom stereocenters. The van der Waals surface area contributed by atoms with Gasteiger partial charge in [0.15, 0.2) is 0 Å². The summed E-state index contributed by atoms with van der Waals surface area (Å²) in [5.74, 6) is -1.24. The highest BCUT2D eigenvalue weighted by Crippen LogP contribution is 2.13. The summed E-state index contributed by atoms with van der Waals surface area (Å²) in [5, 5.41) is 11.1. The van der Waals surface area contributed by atoms with Gasteiger partial charge in [-0.2, -0.15) is 0 Å². The summed E-state index contributed by atoms with van der Waals surface area (Å²) in [5.41, 5.74) is 0.255. The van der Waals surface area contributed by atoms with E-state index in [1.54, 1.807) is 25.1 Å². The lowest BCUT2D eigenvalue weighted by Crippen LogP contribution is -2.38. The third-order valence-corrected chi connectivity index (χ3v) is 3.73. The maximum absolute atomic E-state index is 11.9. The summed E-state index contributed by atoms with van der Waals surface area (Å²) in [6.45, 7) is 3.13. The highest BCUT2D eigenvalue weighted by molar-refractivity contribution is 7.85. The van der Waals surface area contributed by atoms with Crippen molar-refractivity contribution in [3.8, 4) is 0 Å². The molecule has 2 atom stereocenters. The van der Waals surface area contributed by atoms with Crippen LogP contribution in [0.2, 0.25) is 0 Å². The van der Waals surface area contributed by atoms with E-state index in [2.05, 4.69) is 5.32 Å². The Morgan fingerprint density at radius 3 is 2.56 bits per heavy atom. The second-order valence-corrected chi connectivity index (χ2v) is 5.37. The summed E-state index contributed by atoms with van der Waals surface area (Å²) >= 11 is 0. The molecule has 0 spiro atoms. The van der Waals surface area contributed by atoms with Crippen LogP contribution in [0, 0.1) is 0 Å². The van der Waals surface area contributed by atoms with Gasteiger partial charge in [0.2, 0.25) is 0 Å². The van der Waals surface area contributed by atoms with E-state index in [1.807, 2.05) is 0 Å². The molecule has 0 saturated carbocycles. The number of hydrogen-bond donors (Lipinski definition) is 2. The van der Waals surface area contributed by atoms with Gasteiger partial charge in [-0.3, -0.25) is 13.8 Å². The van der Waals surface area contributed by atoms with Crippen LogP contribution < -0.4 is 5.32 Å². The number of carboxylic acids is 1. The van der Waals surface area contributed by atoms with Crippen LogP contribution in [-0.4, -0.2) is 33.0 Å². The third kappa shape index (κ3) is 3.40. The van der Waals surface area contributed by atoms with Gasteiger partial charge in [0.25, 0.3) is 5.91 Å². The highest BCUT2D eigenvalue weighted by atomic mass is 32.2. The minimum absolute atomic E-state index is 0.255. The monoisotopic (exact) mass is 269 g/mol. The molecule has 0 aliphatic heterocycles. The van der Waals surface area contributed by atoms with Crippen molar-refractivity contribution >= 4 is 22.7 Å². The van der Waals surface area contributed by atoms with E-state index in [0.717, 1.165) is 0 Å². The Labute approximate surface area is 108 Å². The van der Waals surface area contributed by atoms with Crippen molar-refractivity contribution in [3.63, 3.8) is 0 Å². The highest BCUT2D eigenvalue weighted by Gasteiger charge is 2.19. The van der Waals surface area contributed by atoms with E-state index in [-0.39, 0.29) is 5.56 Å². The Kier molecular flexibility index (Phi) is 5.03. The second kappa shape index (κ2) is 6.30. The number of carbonyl (C=O) groups is 2. The van der Waals surface area contributed by atoms with Crippen LogP contribution in [0.4, 0.5) is 0 Å². The molecule has 98 valence electrons. The molecule has 5 nitrogen and oxygen atoms in total. The Balaban J connectivity index is 2.99. The molecular formula is C12H15NO4S. The molecule has 0 fully saturated rings. The van der Waals surface area contributed by atoms with Crippen LogP contribution in [0.3, 0.4) is 0 Å². The average Bonchev–Trinajstić information content (AvgIpc) is 2.37. The van der Waals surface area contributed by atoms with Crippen molar-refractivity contribution in [2.75, 3.05) is 5.75 Å². The summed E-state index contributed by atoms with van der Waals surface area (Å²) in [6, 6.07) is 5.50. The molecule has 1 rings (SSSR count). The molecule has 0 radical (unpaired) electrons. The Morgan fingerprint density at radius 1 is 1.39 bits per heavy atom. The standard InChI is InChI=1S/C12H15NO4S/c1-3-18(17)10-7-5-4-6-9(10)11(14)13-8(2)12(15)16/h4-8H,3H2,1-2H3,(H,13,14)(H,15,16). The molecule has 0 aliphatic rings. The third-order valence-electron chi connectivity index (χ3n) is 2.36. The van der Waals surface area contributed by atoms with Gasteiger partial charge in [0, 0.05) is 5.75 Å². The molecule has 18 heavy (non-hydrogen) atoms. The zero-order chi connectivity index (χ0) is 13.7. The van der Waals surface area contributed by atoms with E-state index < -0.39 is 28.7 Å². The van der Waals surface area contributed by atoms with E-state index >= 15 is 0 Å². The smallest absolute Gasteiger partial charge is 0.325 e. The lowest BCUT2D eigenvalue weighted by atomic mass is 10.2. The maximum Gasteiger partial charge on any atom is 0.325 e. The first-order valence-electron chi connectivity index (χ1n) is 5.48. The van der Waals surface area contributed by atoms with Crippen LogP contribution >= 0.6 is 0 Å². The lowest BCUT2D eigenvalue weighted by Gasteiger charge is -2.11. The largest absolute Gasteiger partial charge is 0.480 e. The van der Waals surface area contributed by atoms with E-state index in [9.17, 15) is 13.8 Å². The lowest BCUT2D eigenvalue weighted by molar-refractivity contribution is -0.138. The molecule has 0 aliphatic carbocycles. The normalized spacial score (nSPS) is 13.7. The summed E-state index contributed by atoms with van der Waals surface area (Å²) in [6.07, 6.45) is 0. The number of amides is 1. The average molecular weight is 269 g/mol. The van der Waals surface area contributed by atoms with E-state index in [1.165, 1.54) is 13.0 Å². The number of carboxylic acid groups (broad SMARTS) is 1. The van der Waals surface area contributed by atoms with Gasteiger partial charge in [-0.15, -0.1) is 0 Å². The summed E-state index contributed by atoms with van der Waals surface area (Å²) in [7, 11) is -1.26. The Hall–Kier alpha value is -1.69. The number of rotatable bonds is 5. The van der Waals surface area contributed by atoms with E-state index in [4.69, 9.17) is 5.11 Å². The van der Waals surface area contributed by atoms with Gasteiger partial charge in [-0.25, -0.2) is 0 Å². The minimum atomic E-state index is -1.26. The number of hydrogen-bond acceptors (Lipinski definition) is 3. The SMILES string of the molecule is CCS(=O)c1ccccc1C(=O)NC(C)C(=O)O. The minimum Gasteiger partial charge on any atom is -0.480 e. The summed E-state index contributed by atoms with van der Waals surface area (Å²) < 4.78 is 11.8. The first kappa shape index (κ1) is 14.4. The quantitative estimate of drug-likeness (QED) is 0.836. The van der Waals surface area contributed by atoms with Gasteiger partial charge in [-0.1, -0.05) is 19.1 Å². The number of carbonyl (C=O) groups excluding carboxylic acids is 1. The van der Waals surface area contributed by atoms with E-state index in [0.29, 0.717) is 10.6 Å². The molecule has 2 N–H and O–H groups in total. The number of aliphatic carboxylic acids is 1. The van der Waals surface area contributed by atoms with Crippen molar-refractivity contribution in [3.05, 3.63) is 29.8 Å². The fraction of sp³-hybridized carbons (Fsp3) is 0.333. The topological polar surface area (TPSA) is 83.5 Å². The van der Waals surface area contributed by atoms with Crippen molar-refractivity contribution < 1.29 is 18.9 Å². The molecule has 0 saturated heterocycles. The van der Waals surface area contributed by atoms with Crippen molar-refractivity contribution in [2.45, 2.75) is 24.8 Å². The van der Waals surface area contributed by atoms with Crippen LogP contribution in [0.15, 0.2) is 29.2 Å². The zero-order valence-electron chi connectivity index (χ0n) is 10.2. The second-order valence-electron chi connectivity index (χ2n) is 3.66. The Morgan fingerprint density at radius 2 is 2.00 bits per heavy atom. The molecule has 1 aromatic rings. The first-order valence-corrected chi connectivity index (χ1v) is 6.80. The molecule has 6 heteroatoms. The molecule has 1 amide bonds. The van der Waals surface area contributed by atoms with Gasteiger partial charge >= 0.3 is 5.97 Å². The van der Waals surface area contributed by atoms with Gasteiger partial charge in [0.1, 0.15) is 6.04 Å². The maximum atomic E-state index is 11.9. The molecule has 0 heterocycles.